The zero-order valence-corrected chi connectivity index (χ0v) is 19.4. The summed E-state index contributed by atoms with van der Waals surface area (Å²) >= 11 is 1.54. The van der Waals surface area contributed by atoms with E-state index in [1.54, 1.807) is 34.9 Å². The van der Waals surface area contributed by atoms with Gasteiger partial charge in [-0.05, 0) is 49.6 Å². The Morgan fingerprint density at radius 1 is 1.00 bits per heavy atom. The van der Waals surface area contributed by atoms with E-state index in [4.69, 9.17) is 9.47 Å². The Labute approximate surface area is 186 Å². The maximum atomic E-state index is 13.2. The second kappa shape index (κ2) is 8.94. The van der Waals surface area contributed by atoms with E-state index in [-0.39, 0.29) is 10.8 Å². The number of ether oxygens (including phenoxy) is 2. The fraction of sp³-hybridized carbons (Fsp3) is 0.364. The van der Waals surface area contributed by atoms with Crippen molar-refractivity contribution in [2.75, 3.05) is 27.3 Å². The number of aryl methyl sites for hydroxylation is 1. The molecule has 9 heteroatoms. The Kier molecular flexibility index (Phi) is 6.27. The number of piperidine rings is 1. The van der Waals surface area contributed by atoms with Crippen LogP contribution in [0.15, 0.2) is 47.4 Å². The number of aromatic nitrogens is 2. The van der Waals surface area contributed by atoms with Crippen LogP contribution in [0.25, 0.3) is 10.6 Å². The molecule has 4 rings (SSSR count). The number of para-hydroxylation sites is 1. The second-order valence-electron chi connectivity index (χ2n) is 7.48. The van der Waals surface area contributed by atoms with Crippen molar-refractivity contribution in [2.24, 2.45) is 0 Å². The van der Waals surface area contributed by atoms with Crippen molar-refractivity contribution in [1.29, 1.82) is 0 Å². The zero-order chi connectivity index (χ0) is 22.0. The van der Waals surface area contributed by atoms with Gasteiger partial charge in [0.1, 0.15) is 21.4 Å². The lowest BCUT2D eigenvalue weighted by Gasteiger charge is -2.30. The predicted octanol–water partition coefficient (Wildman–Crippen LogP) is 4.10. The molecule has 0 amide bonds. The van der Waals surface area contributed by atoms with Gasteiger partial charge in [-0.15, -0.1) is 10.2 Å². The van der Waals surface area contributed by atoms with E-state index in [0.717, 1.165) is 26.9 Å². The standard InChI is InChI=1S/C22H25N3O4S2/c1-15-8-9-19(29-3)20(14-15)31(26,27)25-12-10-16(11-13-25)21-23-24-22(30-21)17-6-4-5-7-18(17)28-2/h4-9,14,16H,10-13H2,1-3H3. The number of hydrogen-bond acceptors (Lipinski definition) is 7. The number of rotatable bonds is 6. The molecule has 0 radical (unpaired) electrons. The Bertz CT molecular complexity index is 1170. The van der Waals surface area contributed by atoms with E-state index in [1.807, 2.05) is 37.3 Å². The molecule has 1 aliphatic heterocycles. The van der Waals surface area contributed by atoms with E-state index in [1.165, 1.54) is 7.11 Å². The topological polar surface area (TPSA) is 81.6 Å². The molecule has 3 aromatic rings. The van der Waals surface area contributed by atoms with Crippen LogP contribution in [-0.2, 0) is 10.0 Å². The largest absolute Gasteiger partial charge is 0.496 e. The summed E-state index contributed by atoms with van der Waals surface area (Å²) in [5.41, 5.74) is 1.80. The summed E-state index contributed by atoms with van der Waals surface area (Å²) in [5, 5.41) is 10.5. The van der Waals surface area contributed by atoms with Crippen LogP contribution in [0.5, 0.6) is 11.5 Å². The number of hydrogen-bond donors (Lipinski definition) is 0. The van der Waals surface area contributed by atoms with Crippen molar-refractivity contribution in [1.82, 2.24) is 14.5 Å². The molecule has 2 heterocycles. The van der Waals surface area contributed by atoms with Gasteiger partial charge in [0.2, 0.25) is 10.0 Å². The molecular formula is C22H25N3O4S2. The normalized spacial score (nSPS) is 15.7. The van der Waals surface area contributed by atoms with Crippen LogP contribution in [0.4, 0.5) is 0 Å². The highest BCUT2D eigenvalue weighted by Gasteiger charge is 2.33. The lowest BCUT2D eigenvalue weighted by atomic mass is 9.99. The monoisotopic (exact) mass is 459 g/mol. The van der Waals surface area contributed by atoms with Gasteiger partial charge in [-0.25, -0.2) is 8.42 Å². The molecule has 1 fully saturated rings. The fourth-order valence-electron chi connectivity index (χ4n) is 3.80. The van der Waals surface area contributed by atoms with Gasteiger partial charge in [0.15, 0.2) is 5.01 Å². The number of methoxy groups -OCH3 is 2. The molecule has 0 saturated carbocycles. The molecule has 0 spiro atoms. The Morgan fingerprint density at radius 2 is 1.71 bits per heavy atom. The van der Waals surface area contributed by atoms with Crippen molar-refractivity contribution in [3.8, 4) is 22.1 Å². The SMILES string of the molecule is COc1ccccc1-c1nnc(C2CCN(S(=O)(=O)c3cc(C)ccc3OC)CC2)s1. The molecule has 0 atom stereocenters. The molecule has 1 saturated heterocycles. The summed E-state index contributed by atoms with van der Waals surface area (Å²) in [6.07, 6.45) is 1.40. The Balaban J connectivity index is 1.50. The first-order valence-corrected chi connectivity index (χ1v) is 12.3. The summed E-state index contributed by atoms with van der Waals surface area (Å²) in [7, 11) is -0.491. The van der Waals surface area contributed by atoms with Gasteiger partial charge < -0.3 is 9.47 Å². The maximum absolute atomic E-state index is 13.2. The summed E-state index contributed by atoms with van der Waals surface area (Å²) < 4.78 is 38.7. The molecule has 2 aromatic carbocycles. The molecule has 7 nitrogen and oxygen atoms in total. The van der Waals surface area contributed by atoms with Gasteiger partial charge in [-0.2, -0.15) is 4.31 Å². The Morgan fingerprint density at radius 3 is 2.42 bits per heavy atom. The fourth-order valence-corrected chi connectivity index (χ4v) is 6.55. The predicted molar refractivity (Wildman–Crippen MR) is 120 cm³/mol. The summed E-state index contributed by atoms with van der Waals surface area (Å²) in [4.78, 5) is 0.225. The molecule has 0 aliphatic carbocycles. The third kappa shape index (κ3) is 4.30. The lowest BCUT2D eigenvalue weighted by molar-refractivity contribution is 0.316. The second-order valence-corrected chi connectivity index (χ2v) is 10.4. The highest BCUT2D eigenvalue weighted by Crippen LogP contribution is 2.38. The van der Waals surface area contributed by atoms with E-state index in [9.17, 15) is 8.42 Å². The van der Waals surface area contributed by atoms with Gasteiger partial charge in [-0.1, -0.05) is 29.5 Å². The quantitative estimate of drug-likeness (QED) is 0.552. The molecule has 0 N–H and O–H groups in total. The van der Waals surface area contributed by atoms with Crippen LogP contribution in [0, 0.1) is 6.92 Å². The average Bonchev–Trinajstić information content (AvgIpc) is 3.29. The first-order valence-electron chi connectivity index (χ1n) is 10.1. The van der Waals surface area contributed by atoms with Crippen molar-refractivity contribution < 1.29 is 17.9 Å². The number of nitrogens with zero attached hydrogens (tertiary/aromatic N) is 3. The number of benzene rings is 2. The summed E-state index contributed by atoms with van der Waals surface area (Å²) in [6.45, 7) is 2.75. The molecule has 0 bridgehead atoms. The summed E-state index contributed by atoms with van der Waals surface area (Å²) in [5.74, 6) is 1.32. The van der Waals surface area contributed by atoms with Gasteiger partial charge in [-0.3, -0.25) is 0 Å². The van der Waals surface area contributed by atoms with Crippen molar-refractivity contribution in [3.63, 3.8) is 0 Å². The van der Waals surface area contributed by atoms with Crippen LogP contribution >= 0.6 is 11.3 Å². The van der Waals surface area contributed by atoms with E-state index >= 15 is 0 Å². The molecule has 31 heavy (non-hydrogen) atoms. The van der Waals surface area contributed by atoms with Crippen LogP contribution in [0.2, 0.25) is 0 Å². The van der Waals surface area contributed by atoms with E-state index < -0.39 is 10.0 Å². The average molecular weight is 460 g/mol. The van der Waals surface area contributed by atoms with E-state index in [0.29, 0.717) is 31.7 Å². The zero-order valence-electron chi connectivity index (χ0n) is 17.7. The molecule has 0 unspecified atom stereocenters. The number of sulfonamides is 1. The van der Waals surface area contributed by atoms with Crippen molar-refractivity contribution in [3.05, 3.63) is 53.0 Å². The first-order chi connectivity index (χ1) is 14.9. The highest BCUT2D eigenvalue weighted by atomic mass is 32.2. The molecular weight excluding hydrogens is 434 g/mol. The van der Waals surface area contributed by atoms with Gasteiger partial charge in [0.05, 0.1) is 19.8 Å². The van der Waals surface area contributed by atoms with Crippen LogP contribution < -0.4 is 9.47 Å². The van der Waals surface area contributed by atoms with Gasteiger partial charge >= 0.3 is 0 Å². The lowest BCUT2D eigenvalue weighted by Crippen LogP contribution is -2.38. The minimum absolute atomic E-state index is 0.187. The molecule has 1 aromatic heterocycles. The van der Waals surface area contributed by atoms with Gasteiger partial charge in [0.25, 0.3) is 0 Å². The smallest absolute Gasteiger partial charge is 0.246 e. The highest BCUT2D eigenvalue weighted by molar-refractivity contribution is 7.89. The minimum Gasteiger partial charge on any atom is -0.496 e. The van der Waals surface area contributed by atoms with Crippen LogP contribution in [0.1, 0.15) is 29.3 Å². The third-order valence-electron chi connectivity index (χ3n) is 5.52. The Hall–Kier alpha value is -2.49. The van der Waals surface area contributed by atoms with E-state index in [2.05, 4.69) is 10.2 Å². The van der Waals surface area contributed by atoms with Crippen LogP contribution in [0.3, 0.4) is 0 Å². The van der Waals surface area contributed by atoms with Crippen LogP contribution in [-0.4, -0.2) is 50.2 Å². The minimum atomic E-state index is -3.62. The van der Waals surface area contributed by atoms with Crippen molar-refractivity contribution >= 4 is 21.4 Å². The molecule has 164 valence electrons. The molecule has 1 aliphatic rings. The third-order valence-corrected chi connectivity index (χ3v) is 8.56. The summed E-state index contributed by atoms with van der Waals surface area (Å²) in [6, 6.07) is 13.0. The first kappa shape index (κ1) is 21.7. The maximum Gasteiger partial charge on any atom is 0.246 e. The van der Waals surface area contributed by atoms with Gasteiger partial charge in [0, 0.05) is 19.0 Å². The van der Waals surface area contributed by atoms with Crippen molar-refractivity contribution in [2.45, 2.75) is 30.6 Å².